The van der Waals surface area contributed by atoms with Crippen molar-refractivity contribution in [1.82, 2.24) is 10.3 Å². The van der Waals surface area contributed by atoms with Gasteiger partial charge in [0.25, 0.3) is 5.91 Å². The van der Waals surface area contributed by atoms with Crippen LogP contribution in [-0.4, -0.2) is 23.3 Å². The SMILES string of the molecule is Cc1ccc(C#N)c(NC(=O)CCNC(=O)c2ccc(C(C)(C)C)cc2)n1. The summed E-state index contributed by atoms with van der Waals surface area (Å²) in [5, 5.41) is 14.4. The van der Waals surface area contributed by atoms with Crippen molar-refractivity contribution in [3.05, 3.63) is 58.8 Å². The number of rotatable bonds is 5. The maximum atomic E-state index is 12.2. The summed E-state index contributed by atoms with van der Waals surface area (Å²) in [6.07, 6.45) is 0.0896. The van der Waals surface area contributed by atoms with Crippen molar-refractivity contribution in [3.63, 3.8) is 0 Å². The first-order valence-corrected chi connectivity index (χ1v) is 8.77. The lowest BCUT2D eigenvalue weighted by atomic mass is 9.87. The zero-order valence-electron chi connectivity index (χ0n) is 16.1. The molecule has 1 heterocycles. The number of benzene rings is 1. The molecule has 0 fully saturated rings. The summed E-state index contributed by atoms with van der Waals surface area (Å²) < 4.78 is 0. The minimum atomic E-state index is -0.312. The minimum Gasteiger partial charge on any atom is -0.352 e. The van der Waals surface area contributed by atoms with Crippen LogP contribution in [0.5, 0.6) is 0 Å². The second kappa shape index (κ2) is 8.45. The molecule has 0 unspecified atom stereocenters. The highest BCUT2D eigenvalue weighted by Crippen LogP contribution is 2.22. The van der Waals surface area contributed by atoms with E-state index in [-0.39, 0.29) is 36.0 Å². The van der Waals surface area contributed by atoms with E-state index >= 15 is 0 Å². The van der Waals surface area contributed by atoms with Gasteiger partial charge in [-0.25, -0.2) is 4.98 Å². The van der Waals surface area contributed by atoms with Crippen molar-refractivity contribution < 1.29 is 9.59 Å². The third-order valence-corrected chi connectivity index (χ3v) is 4.06. The number of anilines is 1. The number of carbonyl (C=O) groups excluding carboxylic acids is 2. The summed E-state index contributed by atoms with van der Waals surface area (Å²) in [5.74, 6) is -0.297. The number of carbonyl (C=O) groups is 2. The van der Waals surface area contributed by atoms with Gasteiger partial charge in [0, 0.05) is 24.2 Å². The molecule has 0 aliphatic rings. The van der Waals surface area contributed by atoms with Crippen LogP contribution in [0.25, 0.3) is 0 Å². The van der Waals surface area contributed by atoms with Crippen molar-refractivity contribution in [2.45, 2.75) is 39.5 Å². The Kier molecular flexibility index (Phi) is 6.30. The maximum Gasteiger partial charge on any atom is 0.251 e. The average molecular weight is 364 g/mol. The molecule has 6 heteroatoms. The fraction of sp³-hybridized carbons (Fsp3) is 0.333. The van der Waals surface area contributed by atoms with E-state index in [9.17, 15) is 9.59 Å². The second-order valence-corrected chi connectivity index (χ2v) is 7.34. The largest absolute Gasteiger partial charge is 0.352 e. The molecule has 0 aliphatic carbocycles. The van der Waals surface area contributed by atoms with Gasteiger partial charge in [-0.15, -0.1) is 0 Å². The summed E-state index contributed by atoms with van der Waals surface area (Å²) >= 11 is 0. The molecule has 140 valence electrons. The van der Waals surface area contributed by atoms with Gasteiger partial charge in [0.15, 0.2) is 5.82 Å². The summed E-state index contributed by atoms with van der Waals surface area (Å²) in [6.45, 7) is 8.31. The minimum absolute atomic E-state index is 0.0270. The van der Waals surface area contributed by atoms with E-state index in [0.29, 0.717) is 16.8 Å². The van der Waals surface area contributed by atoms with Crippen LogP contribution in [-0.2, 0) is 10.2 Å². The van der Waals surface area contributed by atoms with Crippen LogP contribution >= 0.6 is 0 Å². The Bertz CT molecular complexity index is 875. The van der Waals surface area contributed by atoms with Gasteiger partial charge in [-0.1, -0.05) is 32.9 Å². The quantitative estimate of drug-likeness (QED) is 0.851. The molecule has 0 saturated carbocycles. The summed E-state index contributed by atoms with van der Waals surface area (Å²) in [7, 11) is 0. The fourth-order valence-corrected chi connectivity index (χ4v) is 2.45. The van der Waals surface area contributed by atoms with Gasteiger partial charge in [-0.3, -0.25) is 9.59 Å². The molecule has 0 atom stereocenters. The summed E-state index contributed by atoms with van der Waals surface area (Å²) in [5.41, 5.74) is 2.74. The monoisotopic (exact) mass is 364 g/mol. The van der Waals surface area contributed by atoms with Crippen molar-refractivity contribution >= 4 is 17.6 Å². The molecule has 1 aromatic heterocycles. The lowest BCUT2D eigenvalue weighted by Crippen LogP contribution is -2.28. The number of nitrogens with zero attached hydrogens (tertiary/aromatic N) is 2. The topological polar surface area (TPSA) is 94.9 Å². The predicted molar refractivity (Wildman–Crippen MR) is 104 cm³/mol. The van der Waals surface area contributed by atoms with Crippen molar-refractivity contribution in [2.24, 2.45) is 0 Å². The molecule has 0 aliphatic heterocycles. The number of hydrogen-bond donors (Lipinski definition) is 2. The molecule has 0 bridgehead atoms. The molecule has 27 heavy (non-hydrogen) atoms. The highest BCUT2D eigenvalue weighted by atomic mass is 16.2. The smallest absolute Gasteiger partial charge is 0.251 e. The predicted octanol–water partition coefficient (Wildman–Crippen LogP) is 3.32. The van der Waals surface area contributed by atoms with Crippen LogP contribution in [0.1, 0.15) is 54.4 Å². The van der Waals surface area contributed by atoms with Gasteiger partial charge in [-0.2, -0.15) is 5.26 Å². The number of nitriles is 1. The first-order chi connectivity index (χ1) is 12.7. The van der Waals surface area contributed by atoms with Gasteiger partial charge in [0.05, 0.1) is 5.56 Å². The summed E-state index contributed by atoms with van der Waals surface area (Å²) in [6, 6.07) is 12.8. The van der Waals surface area contributed by atoms with Gasteiger partial charge in [0.2, 0.25) is 5.91 Å². The lowest BCUT2D eigenvalue weighted by Gasteiger charge is -2.19. The summed E-state index contributed by atoms with van der Waals surface area (Å²) in [4.78, 5) is 28.4. The zero-order valence-corrected chi connectivity index (χ0v) is 16.1. The molecule has 6 nitrogen and oxygen atoms in total. The van der Waals surface area contributed by atoms with E-state index in [1.165, 1.54) is 0 Å². The van der Waals surface area contributed by atoms with Crippen LogP contribution < -0.4 is 10.6 Å². The third-order valence-electron chi connectivity index (χ3n) is 4.06. The Morgan fingerprint density at radius 3 is 2.37 bits per heavy atom. The number of nitrogens with one attached hydrogen (secondary N) is 2. The molecule has 0 spiro atoms. The Hall–Kier alpha value is -3.20. The van der Waals surface area contributed by atoms with Crippen LogP contribution in [0.2, 0.25) is 0 Å². The molecular formula is C21H24N4O2. The number of hydrogen-bond acceptors (Lipinski definition) is 4. The Morgan fingerprint density at radius 1 is 1.11 bits per heavy atom. The van der Waals surface area contributed by atoms with E-state index in [4.69, 9.17) is 5.26 Å². The Balaban J connectivity index is 1.87. The Labute approximate surface area is 159 Å². The molecule has 2 aromatic rings. The number of aryl methyl sites for hydroxylation is 1. The number of pyridine rings is 1. The van der Waals surface area contributed by atoms with E-state index in [1.807, 2.05) is 18.2 Å². The van der Waals surface area contributed by atoms with Crippen molar-refractivity contribution in [1.29, 1.82) is 5.26 Å². The first-order valence-electron chi connectivity index (χ1n) is 8.77. The highest BCUT2D eigenvalue weighted by molar-refractivity contribution is 5.95. The zero-order chi connectivity index (χ0) is 20.0. The molecule has 0 saturated heterocycles. The standard InChI is InChI=1S/C21H24N4O2/c1-14-5-6-16(13-22)19(24-14)25-18(26)11-12-23-20(27)15-7-9-17(10-8-15)21(2,3)4/h5-10H,11-12H2,1-4H3,(H,23,27)(H,24,25,26). The lowest BCUT2D eigenvalue weighted by molar-refractivity contribution is -0.116. The number of aromatic nitrogens is 1. The van der Waals surface area contributed by atoms with E-state index in [0.717, 1.165) is 5.56 Å². The van der Waals surface area contributed by atoms with Crippen molar-refractivity contribution in [2.75, 3.05) is 11.9 Å². The molecule has 2 amide bonds. The van der Waals surface area contributed by atoms with Crippen LogP contribution in [0.3, 0.4) is 0 Å². The normalized spacial score (nSPS) is 10.8. The van der Waals surface area contributed by atoms with Gasteiger partial charge in [0.1, 0.15) is 6.07 Å². The van der Waals surface area contributed by atoms with Crippen LogP contribution in [0.15, 0.2) is 36.4 Å². The first kappa shape index (κ1) is 20.1. The van der Waals surface area contributed by atoms with Gasteiger partial charge in [-0.05, 0) is 42.2 Å². The highest BCUT2D eigenvalue weighted by Gasteiger charge is 2.14. The van der Waals surface area contributed by atoms with E-state index in [1.54, 1.807) is 31.2 Å². The van der Waals surface area contributed by atoms with E-state index in [2.05, 4.69) is 36.4 Å². The van der Waals surface area contributed by atoms with Gasteiger partial charge >= 0.3 is 0 Å². The molecular weight excluding hydrogens is 340 g/mol. The fourth-order valence-electron chi connectivity index (χ4n) is 2.45. The number of amides is 2. The molecule has 0 radical (unpaired) electrons. The Morgan fingerprint density at radius 2 is 1.78 bits per heavy atom. The van der Waals surface area contributed by atoms with E-state index < -0.39 is 0 Å². The van der Waals surface area contributed by atoms with Gasteiger partial charge < -0.3 is 10.6 Å². The maximum absolute atomic E-state index is 12.2. The molecule has 1 aromatic carbocycles. The molecule has 2 N–H and O–H groups in total. The average Bonchev–Trinajstić information content (AvgIpc) is 2.61. The second-order valence-electron chi connectivity index (χ2n) is 7.34. The molecule has 2 rings (SSSR count). The van der Waals surface area contributed by atoms with Crippen molar-refractivity contribution in [3.8, 4) is 6.07 Å². The van der Waals surface area contributed by atoms with Crippen LogP contribution in [0, 0.1) is 18.3 Å². The van der Waals surface area contributed by atoms with Crippen LogP contribution in [0.4, 0.5) is 5.82 Å². The third kappa shape index (κ3) is 5.65.